The van der Waals surface area contributed by atoms with Gasteiger partial charge in [0.2, 0.25) is 5.91 Å². The number of aromatic carboxylic acids is 1. The first-order chi connectivity index (χ1) is 13.4. The van der Waals surface area contributed by atoms with E-state index in [4.69, 9.17) is 9.84 Å². The summed E-state index contributed by atoms with van der Waals surface area (Å²) in [6, 6.07) is 13.6. The zero-order chi connectivity index (χ0) is 20.1. The lowest BCUT2D eigenvalue weighted by Gasteiger charge is -2.07. The van der Waals surface area contributed by atoms with Crippen LogP contribution in [0.5, 0.6) is 5.75 Å². The van der Waals surface area contributed by atoms with Gasteiger partial charge < -0.3 is 15.2 Å². The number of carbonyl (C=O) groups is 3. The SMILES string of the molecule is CC(=O)NC1=NC(=O)/C(=C\c2cccc(OCc3ccc(C(=O)O)cc3)c2)S1. The summed E-state index contributed by atoms with van der Waals surface area (Å²) in [5, 5.41) is 11.7. The van der Waals surface area contributed by atoms with Crippen LogP contribution in [-0.4, -0.2) is 28.1 Å². The first-order valence-electron chi connectivity index (χ1n) is 8.26. The van der Waals surface area contributed by atoms with Crippen LogP contribution in [0.2, 0.25) is 0 Å². The van der Waals surface area contributed by atoms with E-state index < -0.39 is 11.9 Å². The molecule has 3 rings (SSSR count). The average Bonchev–Trinajstić information content (AvgIpc) is 2.98. The largest absolute Gasteiger partial charge is 0.489 e. The van der Waals surface area contributed by atoms with Crippen LogP contribution >= 0.6 is 11.8 Å². The Bertz CT molecular complexity index is 996. The predicted octanol–water partition coefficient (Wildman–Crippen LogP) is 3.07. The van der Waals surface area contributed by atoms with Crippen molar-refractivity contribution >= 4 is 40.8 Å². The second-order valence-corrected chi connectivity index (χ2v) is 6.91. The molecule has 0 aromatic heterocycles. The molecule has 1 aliphatic rings. The molecule has 142 valence electrons. The Morgan fingerprint density at radius 2 is 1.96 bits per heavy atom. The fourth-order valence-corrected chi connectivity index (χ4v) is 3.23. The lowest BCUT2D eigenvalue weighted by atomic mass is 10.1. The lowest BCUT2D eigenvalue weighted by Crippen LogP contribution is -2.23. The zero-order valence-corrected chi connectivity index (χ0v) is 15.7. The van der Waals surface area contributed by atoms with Crippen molar-refractivity contribution in [3.05, 3.63) is 70.1 Å². The lowest BCUT2D eigenvalue weighted by molar-refractivity contribution is -0.117. The van der Waals surface area contributed by atoms with Gasteiger partial charge in [-0.05, 0) is 53.2 Å². The number of amidine groups is 1. The minimum absolute atomic E-state index is 0.219. The standard InChI is InChI=1S/C20H16N2O5S/c1-12(23)21-20-22-18(24)17(28-20)10-14-3-2-4-16(9-14)27-11-13-5-7-15(8-6-13)19(25)26/h2-10H,11H2,1H3,(H,25,26)(H,21,22,23,24)/b17-10+. The third kappa shape index (κ3) is 5.08. The fourth-order valence-electron chi connectivity index (χ4n) is 2.37. The van der Waals surface area contributed by atoms with Gasteiger partial charge in [-0.3, -0.25) is 9.59 Å². The number of nitrogens with one attached hydrogen (secondary N) is 1. The molecule has 2 aromatic rings. The van der Waals surface area contributed by atoms with Crippen LogP contribution in [0.1, 0.15) is 28.4 Å². The topological polar surface area (TPSA) is 105 Å². The van der Waals surface area contributed by atoms with Crippen LogP contribution in [-0.2, 0) is 16.2 Å². The van der Waals surface area contributed by atoms with Gasteiger partial charge >= 0.3 is 5.97 Å². The molecule has 0 spiro atoms. The van der Waals surface area contributed by atoms with E-state index in [0.717, 1.165) is 22.9 Å². The minimum atomic E-state index is -0.974. The number of rotatable bonds is 5. The van der Waals surface area contributed by atoms with Crippen molar-refractivity contribution in [2.45, 2.75) is 13.5 Å². The van der Waals surface area contributed by atoms with Crippen LogP contribution < -0.4 is 10.1 Å². The molecule has 2 amide bonds. The molecule has 0 aliphatic carbocycles. The summed E-state index contributed by atoms with van der Waals surface area (Å²) in [6.45, 7) is 1.63. The summed E-state index contributed by atoms with van der Waals surface area (Å²) < 4.78 is 5.74. The van der Waals surface area contributed by atoms with Gasteiger partial charge in [0.25, 0.3) is 5.91 Å². The molecule has 0 saturated heterocycles. The molecule has 7 nitrogen and oxygen atoms in total. The molecule has 2 N–H and O–H groups in total. The Morgan fingerprint density at radius 3 is 2.64 bits per heavy atom. The number of hydrogen-bond donors (Lipinski definition) is 2. The Labute approximate surface area is 165 Å². The van der Waals surface area contributed by atoms with E-state index in [9.17, 15) is 14.4 Å². The summed E-state index contributed by atoms with van der Waals surface area (Å²) in [7, 11) is 0. The molecule has 0 unspecified atom stereocenters. The van der Waals surface area contributed by atoms with E-state index in [1.807, 2.05) is 6.07 Å². The van der Waals surface area contributed by atoms with Crippen LogP contribution in [0.15, 0.2) is 58.4 Å². The highest BCUT2D eigenvalue weighted by atomic mass is 32.2. The van der Waals surface area contributed by atoms with Crippen molar-refractivity contribution in [3.63, 3.8) is 0 Å². The highest BCUT2D eigenvalue weighted by molar-refractivity contribution is 8.18. The first-order valence-corrected chi connectivity index (χ1v) is 9.07. The second-order valence-electron chi connectivity index (χ2n) is 5.88. The molecule has 0 radical (unpaired) electrons. The van der Waals surface area contributed by atoms with Gasteiger partial charge in [-0.2, -0.15) is 4.99 Å². The molecular weight excluding hydrogens is 380 g/mol. The Balaban J connectivity index is 1.65. The number of carbonyl (C=O) groups excluding carboxylic acids is 2. The number of thioether (sulfide) groups is 1. The van der Waals surface area contributed by atoms with Crippen LogP contribution in [0.4, 0.5) is 0 Å². The normalized spacial score (nSPS) is 14.7. The smallest absolute Gasteiger partial charge is 0.335 e. The molecule has 8 heteroatoms. The van der Waals surface area contributed by atoms with Crippen molar-refractivity contribution < 1.29 is 24.2 Å². The van der Waals surface area contributed by atoms with Crippen LogP contribution in [0.3, 0.4) is 0 Å². The van der Waals surface area contributed by atoms with Gasteiger partial charge in [0.05, 0.1) is 10.5 Å². The first kappa shape index (κ1) is 19.4. The maximum absolute atomic E-state index is 11.9. The van der Waals surface area contributed by atoms with Gasteiger partial charge in [0.15, 0.2) is 5.17 Å². The van der Waals surface area contributed by atoms with Gasteiger partial charge in [-0.15, -0.1) is 0 Å². The van der Waals surface area contributed by atoms with E-state index in [1.165, 1.54) is 19.1 Å². The van der Waals surface area contributed by atoms with E-state index in [0.29, 0.717) is 10.7 Å². The highest BCUT2D eigenvalue weighted by Crippen LogP contribution is 2.28. The minimum Gasteiger partial charge on any atom is -0.489 e. The highest BCUT2D eigenvalue weighted by Gasteiger charge is 2.22. The van der Waals surface area contributed by atoms with Crippen molar-refractivity contribution in [1.82, 2.24) is 5.32 Å². The summed E-state index contributed by atoms with van der Waals surface area (Å²) in [5.41, 5.74) is 1.81. The number of carboxylic acids is 1. The van der Waals surface area contributed by atoms with Crippen LogP contribution in [0, 0.1) is 0 Å². The number of amides is 2. The third-order valence-electron chi connectivity index (χ3n) is 3.67. The quantitative estimate of drug-likeness (QED) is 0.753. The Kier molecular flexibility index (Phi) is 5.90. The van der Waals surface area contributed by atoms with Crippen molar-refractivity contribution in [2.75, 3.05) is 0 Å². The summed E-state index contributed by atoms with van der Waals surface area (Å²) in [5.74, 6) is -1.06. The van der Waals surface area contributed by atoms with Gasteiger partial charge in [-0.25, -0.2) is 4.79 Å². The monoisotopic (exact) mass is 396 g/mol. The molecule has 0 atom stereocenters. The predicted molar refractivity (Wildman–Crippen MR) is 106 cm³/mol. The van der Waals surface area contributed by atoms with Crippen molar-refractivity contribution in [3.8, 4) is 5.75 Å². The summed E-state index contributed by atoms with van der Waals surface area (Å²) in [4.78, 5) is 38.1. The third-order valence-corrected chi connectivity index (χ3v) is 4.56. The van der Waals surface area contributed by atoms with E-state index in [-0.39, 0.29) is 23.2 Å². The molecular formula is C20H16N2O5S. The number of nitrogens with zero attached hydrogens (tertiary/aromatic N) is 1. The van der Waals surface area contributed by atoms with Crippen molar-refractivity contribution in [1.29, 1.82) is 0 Å². The molecule has 28 heavy (non-hydrogen) atoms. The van der Waals surface area contributed by atoms with E-state index in [1.54, 1.807) is 36.4 Å². The van der Waals surface area contributed by atoms with E-state index in [2.05, 4.69) is 10.3 Å². The van der Waals surface area contributed by atoms with Gasteiger partial charge in [0.1, 0.15) is 12.4 Å². The summed E-state index contributed by atoms with van der Waals surface area (Å²) in [6.07, 6.45) is 1.68. The fraction of sp³-hybridized carbons (Fsp3) is 0.100. The van der Waals surface area contributed by atoms with Crippen LogP contribution in [0.25, 0.3) is 6.08 Å². The molecule has 0 bridgehead atoms. The average molecular weight is 396 g/mol. The maximum Gasteiger partial charge on any atom is 0.335 e. The summed E-state index contributed by atoms with van der Waals surface area (Å²) >= 11 is 1.10. The number of hydrogen-bond acceptors (Lipinski definition) is 5. The Morgan fingerprint density at radius 1 is 1.21 bits per heavy atom. The molecule has 1 heterocycles. The zero-order valence-electron chi connectivity index (χ0n) is 14.8. The van der Waals surface area contributed by atoms with Gasteiger partial charge in [0, 0.05) is 6.92 Å². The molecule has 0 fully saturated rings. The maximum atomic E-state index is 11.9. The van der Waals surface area contributed by atoms with Gasteiger partial charge in [-0.1, -0.05) is 24.3 Å². The van der Waals surface area contributed by atoms with E-state index >= 15 is 0 Å². The number of aliphatic imine (C=N–C) groups is 1. The molecule has 0 saturated carbocycles. The van der Waals surface area contributed by atoms with Crippen molar-refractivity contribution in [2.24, 2.45) is 4.99 Å². The molecule has 2 aromatic carbocycles. The second kappa shape index (κ2) is 8.53. The molecule has 1 aliphatic heterocycles. The number of carboxylic acid groups (broad SMARTS) is 1. The number of ether oxygens (including phenoxy) is 1. The number of benzene rings is 2. The Hall–Kier alpha value is -3.39.